The molecule has 0 aliphatic rings. The third kappa shape index (κ3) is 1.77. The van der Waals surface area contributed by atoms with Gasteiger partial charge in [0.2, 0.25) is 5.90 Å². The minimum atomic E-state index is 0.105. The number of methoxy groups -OCH3 is 1. The SMILES string of the molecule is COC(=N)c1cc(C)ccn1. The molecule has 3 heteroatoms. The minimum absolute atomic E-state index is 0.105. The van der Waals surface area contributed by atoms with Crippen LogP contribution in [0.5, 0.6) is 0 Å². The van der Waals surface area contributed by atoms with Gasteiger partial charge in [-0.25, -0.2) is 0 Å². The molecule has 0 saturated carbocycles. The average molecular weight is 150 g/mol. The Morgan fingerprint density at radius 2 is 2.36 bits per heavy atom. The number of hydrogen-bond acceptors (Lipinski definition) is 3. The van der Waals surface area contributed by atoms with E-state index < -0.39 is 0 Å². The van der Waals surface area contributed by atoms with Crippen molar-refractivity contribution >= 4 is 5.90 Å². The molecule has 1 aromatic rings. The van der Waals surface area contributed by atoms with Crippen LogP contribution in [0.1, 0.15) is 11.3 Å². The highest BCUT2D eigenvalue weighted by molar-refractivity contribution is 5.89. The van der Waals surface area contributed by atoms with E-state index >= 15 is 0 Å². The van der Waals surface area contributed by atoms with E-state index in [0.29, 0.717) is 5.69 Å². The second-order valence-electron chi connectivity index (χ2n) is 2.25. The Labute approximate surface area is 65.5 Å². The molecule has 1 N–H and O–H groups in total. The first kappa shape index (κ1) is 7.72. The summed E-state index contributed by atoms with van der Waals surface area (Å²) >= 11 is 0. The van der Waals surface area contributed by atoms with Gasteiger partial charge < -0.3 is 4.74 Å². The van der Waals surface area contributed by atoms with Gasteiger partial charge in [-0.3, -0.25) is 10.4 Å². The second-order valence-corrected chi connectivity index (χ2v) is 2.25. The number of nitrogens with zero attached hydrogens (tertiary/aromatic N) is 1. The lowest BCUT2D eigenvalue weighted by Gasteiger charge is -2.00. The van der Waals surface area contributed by atoms with E-state index in [1.165, 1.54) is 7.11 Å². The summed E-state index contributed by atoms with van der Waals surface area (Å²) < 4.78 is 4.71. The molecule has 1 rings (SSSR count). The number of rotatable bonds is 1. The van der Waals surface area contributed by atoms with Crippen molar-refractivity contribution in [1.29, 1.82) is 5.41 Å². The lowest BCUT2D eigenvalue weighted by molar-refractivity contribution is 0.399. The largest absolute Gasteiger partial charge is 0.480 e. The maximum atomic E-state index is 7.29. The molecule has 0 spiro atoms. The van der Waals surface area contributed by atoms with Crippen LogP contribution in [0, 0.1) is 12.3 Å². The quantitative estimate of drug-likeness (QED) is 0.485. The zero-order valence-electron chi connectivity index (χ0n) is 6.59. The minimum Gasteiger partial charge on any atom is -0.480 e. The Kier molecular flexibility index (Phi) is 2.21. The molecule has 0 aromatic carbocycles. The van der Waals surface area contributed by atoms with Crippen molar-refractivity contribution in [2.45, 2.75) is 6.92 Å². The van der Waals surface area contributed by atoms with Gasteiger partial charge in [-0.05, 0) is 24.6 Å². The molecule has 3 nitrogen and oxygen atoms in total. The van der Waals surface area contributed by atoms with E-state index in [-0.39, 0.29) is 5.90 Å². The van der Waals surface area contributed by atoms with E-state index in [1.54, 1.807) is 6.20 Å². The zero-order valence-corrected chi connectivity index (χ0v) is 6.59. The number of aryl methyl sites for hydroxylation is 1. The monoisotopic (exact) mass is 150 g/mol. The van der Waals surface area contributed by atoms with Gasteiger partial charge in [0.25, 0.3) is 0 Å². The van der Waals surface area contributed by atoms with Crippen LogP contribution in [-0.2, 0) is 4.74 Å². The van der Waals surface area contributed by atoms with Gasteiger partial charge in [0.05, 0.1) is 7.11 Å². The van der Waals surface area contributed by atoms with Crippen molar-refractivity contribution < 1.29 is 4.74 Å². The summed E-state index contributed by atoms with van der Waals surface area (Å²) in [5.74, 6) is 0.105. The average Bonchev–Trinajstić information content (AvgIpc) is 2.03. The van der Waals surface area contributed by atoms with Crippen LogP contribution in [-0.4, -0.2) is 18.0 Å². The van der Waals surface area contributed by atoms with E-state index in [2.05, 4.69) is 4.98 Å². The fraction of sp³-hybridized carbons (Fsp3) is 0.250. The third-order valence-corrected chi connectivity index (χ3v) is 1.35. The van der Waals surface area contributed by atoms with Crippen molar-refractivity contribution in [3.05, 3.63) is 29.6 Å². The summed E-state index contributed by atoms with van der Waals surface area (Å²) in [7, 11) is 1.46. The zero-order chi connectivity index (χ0) is 8.27. The third-order valence-electron chi connectivity index (χ3n) is 1.35. The molecule has 0 unspecified atom stereocenters. The molecule has 0 amide bonds. The van der Waals surface area contributed by atoms with E-state index in [4.69, 9.17) is 10.1 Å². The van der Waals surface area contributed by atoms with Crippen molar-refractivity contribution in [2.24, 2.45) is 0 Å². The Morgan fingerprint density at radius 3 is 2.91 bits per heavy atom. The van der Waals surface area contributed by atoms with Gasteiger partial charge in [-0.1, -0.05) is 0 Å². The van der Waals surface area contributed by atoms with E-state index in [1.807, 2.05) is 19.1 Å². The Bertz CT molecular complexity index is 271. The van der Waals surface area contributed by atoms with Crippen LogP contribution in [0.3, 0.4) is 0 Å². The Balaban J connectivity index is 2.96. The highest BCUT2D eigenvalue weighted by Gasteiger charge is 2.00. The molecule has 0 saturated heterocycles. The molecule has 0 fully saturated rings. The highest BCUT2D eigenvalue weighted by atomic mass is 16.5. The molecular weight excluding hydrogens is 140 g/mol. The van der Waals surface area contributed by atoms with E-state index in [0.717, 1.165) is 5.56 Å². The first-order valence-corrected chi connectivity index (χ1v) is 3.29. The van der Waals surface area contributed by atoms with Gasteiger partial charge in [-0.2, -0.15) is 0 Å². The maximum Gasteiger partial charge on any atom is 0.232 e. The Hall–Kier alpha value is -1.38. The summed E-state index contributed by atoms with van der Waals surface area (Å²) in [6.07, 6.45) is 1.66. The Morgan fingerprint density at radius 1 is 1.64 bits per heavy atom. The number of nitrogens with one attached hydrogen (secondary N) is 1. The molecule has 1 aromatic heterocycles. The number of ether oxygens (including phenoxy) is 1. The predicted octanol–water partition coefficient (Wildman–Crippen LogP) is 1.36. The molecule has 0 atom stereocenters. The summed E-state index contributed by atoms with van der Waals surface area (Å²) in [4.78, 5) is 3.96. The lowest BCUT2D eigenvalue weighted by atomic mass is 10.2. The number of aromatic nitrogens is 1. The molecule has 1 heterocycles. The van der Waals surface area contributed by atoms with Crippen molar-refractivity contribution in [3.8, 4) is 0 Å². The molecule has 0 bridgehead atoms. The van der Waals surface area contributed by atoms with Gasteiger partial charge in [-0.15, -0.1) is 0 Å². The smallest absolute Gasteiger partial charge is 0.232 e. The van der Waals surface area contributed by atoms with Gasteiger partial charge >= 0.3 is 0 Å². The van der Waals surface area contributed by atoms with Crippen LogP contribution in [0.15, 0.2) is 18.3 Å². The van der Waals surface area contributed by atoms with Gasteiger partial charge in [0.15, 0.2) is 0 Å². The molecule has 58 valence electrons. The van der Waals surface area contributed by atoms with Crippen LogP contribution in [0.4, 0.5) is 0 Å². The van der Waals surface area contributed by atoms with Crippen molar-refractivity contribution in [2.75, 3.05) is 7.11 Å². The van der Waals surface area contributed by atoms with Gasteiger partial charge in [0.1, 0.15) is 5.69 Å². The fourth-order valence-electron chi connectivity index (χ4n) is 0.765. The lowest BCUT2D eigenvalue weighted by Crippen LogP contribution is -2.03. The van der Waals surface area contributed by atoms with Crippen LogP contribution in [0.25, 0.3) is 0 Å². The van der Waals surface area contributed by atoms with Crippen LogP contribution < -0.4 is 0 Å². The first-order chi connectivity index (χ1) is 5.24. The second kappa shape index (κ2) is 3.14. The van der Waals surface area contributed by atoms with E-state index in [9.17, 15) is 0 Å². The molecule has 0 aliphatic heterocycles. The fourth-order valence-corrected chi connectivity index (χ4v) is 0.765. The number of hydrogen-bond donors (Lipinski definition) is 1. The molecule has 0 radical (unpaired) electrons. The summed E-state index contributed by atoms with van der Waals surface area (Å²) in [5, 5.41) is 7.29. The summed E-state index contributed by atoms with van der Waals surface area (Å²) in [5.41, 5.74) is 1.66. The van der Waals surface area contributed by atoms with Crippen LogP contribution in [0.2, 0.25) is 0 Å². The predicted molar refractivity (Wildman–Crippen MR) is 42.8 cm³/mol. The first-order valence-electron chi connectivity index (χ1n) is 3.29. The molecule has 0 aliphatic carbocycles. The van der Waals surface area contributed by atoms with Gasteiger partial charge in [0, 0.05) is 6.20 Å². The number of pyridine rings is 1. The molecule has 11 heavy (non-hydrogen) atoms. The molecular formula is C8H10N2O. The van der Waals surface area contributed by atoms with Crippen molar-refractivity contribution in [1.82, 2.24) is 4.98 Å². The normalized spacial score (nSPS) is 9.27. The highest BCUT2D eigenvalue weighted by Crippen LogP contribution is 2.00. The summed E-state index contributed by atoms with van der Waals surface area (Å²) in [6.45, 7) is 1.95. The topological polar surface area (TPSA) is 46.0 Å². The standard InChI is InChI=1S/C8H10N2O/c1-6-3-4-10-7(5-6)8(9)11-2/h3-5,9H,1-2H3. The summed E-state index contributed by atoms with van der Waals surface area (Å²) in [6, 6.07) is 3.69. The van der Waals surface area contributed by atoms with Crippen molar-refractivity contribution in [3.63, 3.8) is 0 Å². The van der Waals surface area contributed by atoms with Crippen LogP contribution >= 0.6 is 0 Å². The maximum absolute atomic E-state index is 7.29.